The van der Waals surface area contributed by atoms with Crippen molar-refractivity contribution >= 4 is 0 Å². The van der Waals surface area contributed by atoms with Crippen molar-refractivity contribution in [3.05, 3.63) is 12.2 Å². The van der Waals surface area contributed by atoms with Crippen LogP contribution in [-0.2, 0) is 0 Å². The minimum atomic E-state index is 0.0775. The van der Waals surface area contributed by atoms with Gasteiger partial charge in [0, 0.05) is 24.0 Å². The lowest BCUT2D eigenvalue weighted by atomic mass is 9.67. The lowest BCUT2D eigenvalue weighted by molar-refractivity contribution is 0.213. The van der Waals surface area contributed by atoms with Crippen LogP contribution in [0, 0.1) is 11.8 Å². The Morgan fingerprint density at radius 2 is 1.73 bits per heavy atom. The molecule has 0 aliphatic heterocycles. The van der Waals surface area contributed by atoms with Gasteiger partial charge in [0.15, 0.2) is 0 Å². The van der Waals surface area contributed by atoms with E-state index >= 15 is 0 Å². The third kappa shape index (κ3) is 0.922. The van der Waals surface area contributed by atoms with E-state index in [0.717, 1.165) is 6.42 Å². The molecule has 3 nitrogen and oxygen atoms in total. The van der Waals surface area contributed by atoms with Gasteiger partial charge in [-0.25, -0.2) is 0 Å². The predicted octanol–water partition coefficient (Wildman–Crippen LogP) is -0.826. The van der Waals surface area contributed by atoms with E-state index in [1.54, 1.807) is 0 Å². The maximum Gasteiger partial charge on any atom is 0.0276 e. The summed E-state index contributed by atoms with van der Waals surface area (Å²) in [5.41, 5.74) is 17.7. The molecule has 3 aliphatic carbocycles. The SMILES string of the molecule is NC1CC2C=CC1C(N)C2N. The smallest absolute Gasteiger partial charge is 0.0276 e. The van der Waals surface area contributed by atoms with Crippen LogP contribution in [0.5, 0.6) is 0 Å². The first kappa shape index (κ1) is 7.28. The minimum absolute atomic E-state index is 0.0775. The maximum atomic E-state index is 5.90. The summed E-state index contributed by atoms with van der Waals surface area (Å²) in [6.07, 6.45) is 5.31. The molecular formula is C8H15N3. The Labute approximate surface area is 66.6 Å². The van der Waals surface area contributed by atoms with Crippen LogP contribution in [0.25, 0.3) is 0 Å². The second kappa shape index (κ2) is 2.30. The van der Waals surface area contributed by atoms with Gasteiger partial charge in [0.25, 0.3) is 0 Å². The normalized spacial score (nSPS) is 55.0. The van der Waals surface area contributed by atoms with Crippen molar-refractivity contribution < 1.29 is 0 Å². The van der Waals surface area contributed by atoms with Gasteiger partial charge in [-0.05, 0) is 12.3 Å². The molecule has 3 aliphatic rings. The summed E-state index contributed by atoms with van der Waals surface area (Å²) in [4.78, 5) is 0. The van der Waals surface area contributed by atoms with Gasteiger partial charge in [0.1, 0.15) is 0 Å². The number of fused-ring (bicyclic) bond motifs is 2. The molecular weight excluding hydrogens is 138 g/mol. The van der Waals surface area contributed by atoms with Gasteiger partial charge in [0.2, 0.25) is 0 Å². The lowest BCUT2D eigenvalue weighted by Crippen LogP contribution is -2.61. The Morgan fingerprint density at radius 3 is 2.18 bits per heavy atom. The van der Waals surface area contributed by atoms with Crippen LogP contribution < -0.4 is 17.2 Å². The van der Waals surface area contributed by atoms with Crippen molar-refractivity contribution in [1.82, 2.24) is 0 Å². The molecule has 1 saturated carbocycles. The molecule has 2 bridgehead atoms. The van der Waals surface area contributed by atoms with Crippen molar-refractivity contribution in [2.24, 2.45) is 29.0 Å². The Hall–Kier alpha value is -0.380. The molecule has 11 heavy (non-hydrogen) atoms. The molecule has 6 N–H and O–H groups in total. The highest BCUT2D eigenvalue weighted by molar-refractivity contribution is 5.17. The van der Waals surface area contributed by atoms with E-state index in [0.29, 0.717) is 11.8 Å². The van der Waals surface area contributed by atoms with E-state index in [-0.39, 0.29) is 18.1 Å². The zero-order valence-electron chi connectivity index (χ0n) is 6.48. The highest BCUT2D eigenvalue weighted by atomic mass is 14.9. The molecule has 0 radical (unpaired) electrons. The number of hydrogen-bond acceptors (Lipinski definition) is 3. The van der Waals surface area contributed by atoms with Crippen molar-refractivity contribution in [3.63, 3.8) is 0 Å². The molecule has 0 heterocycles. The molecule has 0 saturated heterocycles. The van der Waals surface area contributed by atoms with E-state index in [4.69, 9.17) is 17.2 Å². The molecule has 5 atom stereocenters. The zero-order chi connectivity index (χ0) is 8.01. The van der Waals surface area contributed by atoms with Crippen molar-refractivity contribution in [3.8, 4) is 0 Å². The maximum absolute atomic E-state index is 5.90. The highest BCUT2D eigenvalue weighted by Crippen LogP contribution is 2.33. The Bertz CT molecular complexity index is 190. The first-order valence-corrected chi connectivity index (χ1v) is 4.15. The van der Waals surface area contributed by atoms with Crippen molar-refractivity contribution in [1.29, 1.82) is 0 Å². The molecule has 0 amide bonds. The molecule has 0 spiro atoms. The lowest BCUT2D eigenvalue weighted by Gasteiger charge is -2.44. The first-order valence-electron chi connectivity index (χ1n) is 4.15. The quantitative estimate of drug-likeness (QED) is 0.398. The number of hydrogen-bond donors (Lipinski definition) is 3. The molecule has 1 fully saturated rings. The van der Waals surface area contributed by atoms with Gasteiger partial charge in [-0.3, -0.25) is 0 Å². The van der Waals surface area contributed by atoms with Crippen LogP contribution in [0.4, 0.5) is 0 Å². The molecule has 0 aromatic rings. The molecule has 62 valence electrons. The van der Waals surface area contributed by atoms with Gasteiger partial charge < -0.3 is 17.2 Å². The van der Waals surface area contributed by atoms with E-state index in [9.17, 15) is 0 Å². The van der Waals surface area contributed by atoms with Gasteiger partial charge in [-0.15, -0.1) is 0 Å². The van der Waals surface area contributed by atoms with Gasteiger partial charge >= 0.3 is 0 Å². The third-order valence-corrected chi connectivity index (χ3v) is 3.00. The number of rotatable bonds is 0. The van der Waals surface area contributed by atoms with Crippen LogP contribution in [0.1, 0.15) is 6.42 Å². The van der Waals surface area contributed by atoms with Crippen LogP contribution in [0.2, 0.25) is 0 Å². The second-order valence-electron chi connectivity index (χ2n) is 3.68. The summed E-state index contributed by atoms with van der Waals surface area (Å²) in [6, 6.07) is 0.443. The van der Waals surface area contributed by atoms with Crippen LogP contribution in [0.3, 0.4) is 0 Å². The summed E-state index contributed by atoms with van der Waals surface area (Å²) >= 11 is 0. The van der Waals surface area contributed by atoms with Crippen molar-refractivity contribution in [2.75, 3.05) is 0 Å². The molecule has 0 aromatic heterocycles. The Morgan fingerprint density at radius 1 is 1.00 bits per heavy atom. The number of nitrogens with two attached hydrogens (primary N) is 3. The molecule has 5 unspecified atom stereocenters. The predicted molar refractivity (Wildman–Crippen MR) is 44.7 cm³/mol. The van der Waals surface area contributed by atoms with Crippen LogP contribution >= 0.6 is 0 Å². The summed E-state index contributed by atoms with van der Waals surface area (Å²) in [6.45, 7) is 0. The first-order chi connectivity index (χ1) is 5.20. The van der Waals surface area contributed by atoms with Gasteiger partial charge in [0.05, 0.1) is 0 Å². The molecule has 3 rings (SSSR count). The van der Waals surface area contributed by atoms with E-state index < -0.39 is 0 Å². The van der Waals surface area contributed by atoms with Gasteiger partial charge in [-0.2, -0.15) is 0 Å². The second-order valence-corrected chi connectivity index (χ2v) is 3.68. The highest BCUT2D eigenvalue weighted by Gasteiger charge is 2.40. The fourth-order valence-electron chi connectivity index (χ4n) is 2.20. The largest absolute Gasteiger partial charge is 0.327 e. The average molecular weight is 153 g/mol. The minimum Gasteiger partial charge on any atom is -0.327 e. The molecule has 0 aromatic carbocycles. The fraction of sp³-hybridized carbons (Fsp3) is 0.750. The van der Waals surface area contributed by atoms with Crippen molar-refractivity contribution in [2.45, 2.75) is 24.5 Å². The standard InChI is InChI=1S/C8H15N3/c9-6-3-4-1-2-5(6)8(11)7(4)10/h1-2,4-8H,3,9-11H2. The van der Waals surface area contributed by atoms with E-state index in [2.05, 4.69) is 12.2 Å². The van der Waals surface area contributed by atoms with Crippen LogP contribution in [0.15, 0.2) is 12.2 Å². The summed E-state index contributed by atoms with van der Waals surface area (Å²) < 4.78 is 0. The van der Waals surface area contributed by atoms with Crippen LogP contribution in [-0.4, -0.2) is 18.1 Å². The Balaban J connectivity index is 2.27. The van der Waals surface area contributed by atoms with E-state index in [1.807, 2.05) is 0 Å². The summed E-state index contributed by atoms with van der Waals surface area (Å²) in [5, 5.41) is 0. The average Bonchev–Trinajstić information content (AvgIpc) is 1.99. The monoisotopic (exact) mass is 153 g/mol. The van der Waals surface area contributed by atoms with Gasteiger partial charge in [-0.1, -0.05) is 12.2 Å². The third-order valence-electron chi connectivity index (χ3n) is 3.00. The summed E-state index contributed by atoms with van der Waals surface area (Å²) in [5.74, 6) is 0.736. The topological polar surface area (TPSA) is 78.1 Å². The fourth-order valence-corrected chi connectivity index (χ4v) is 2.20. The molecule has 3 heteroatoms. The van der Waals surface area contributed by atoms with E-state index in [1.165, 1.54) is 0 Å². The Kier molecular flexibility index (Phi) is 1.52. The summed E-state index contributed by atoms with van der Waals surface area (Å²) in [7, 11) is 0. The zero-order valence-corrected chi connectivity index (χ0v) is 6.48.